The molecule has 1 aliphatic rings. The minimum absolute atomic E-state index is 0.262. The first-order chi connectivity index (χ1) is 6.72. The van der Waals surface area contributed by atoms with Crippen molar-refractivity contribution in [2.24, 2.45) is 0 Å². The summed E-state index contributed by atoms with van der Waals surface area (Å²) < 4.78 is 18.1. The van der Waals surface area contributed by atoms with E-state index in [4.69, 9.17) is 4.74 Å². The van der Waals surface area contributed by atoms with Crippen molar-refractivity contribution in [2.75, 3.05) is 7.11 Å². The van der Waals surface area contributed by atoms with Gasteiger partial charge in [-0.2, -0.15) is 0 Å². The van der Waals surface area contributed by atoms with Gasteiger partial charge in [0.25, 0.3) is 0 Å². The van der Waals surface area contributed by atoms with Crippen LogP contribution in [0.2, 0.25) is 0 Å². The van der Waals surface area contributed by atoms with Gasteiger partial charge in [0.2, 0.25) is 0 Å². The van der Waals surface area contributed by atoms with Crippen LogP contribution in [0.4, 0.5) is 4.39 Å². The molecule has 2 rings (SSSR count). The number of aldehydes is 1. The Labute approximate surface area is 81.7 Å². The Morgan fingerprint density at radius 2 is 2.36 bits per heavy atom. The molecule has 74 valence electrons. The summed E-state index contributed by atoms with van der Waals surface area (Å²) in [5.74, 6) is -0.262. The minimum Gasteiger partial charge on any atom is -0.366 e. The maximum absolute atomic E-state index is 12.9. The molecule has 0 fully saturated rings. The normalized spacial score (nSPS) is 24.7. The molecule has 0 bridgehead atoms. The van der Waals surface area contributed by atoms with Crippen LogP contribution in [0.15, 0.2) is 18.2 Å². The molecule has 0 aromatic heterocycles. The highest BCUT2D eigenvalue weighted by atomic mass is 19.1. The van der Waals surface area contributed by atoms with E-state index in [2.05, 4.69) is 0 Å². The zero-order valence-corrected chi connectivity index (χ0v) is 7.92. The molecule has 0 aliphatic heterocycles. The summed E-state index contributed by atoms with van der Waals surface area (Å²) in [6, 6.07) is 4.47. The second-order valence-corrected chi connectivity index (χ2v) is 3.51. The third-order valence-electron chi connectivity index (χ3n) is 2.84. The first-order valence-corrected chi connectivity index (χ1v) is 4.52. The zero-order valence-electron chi connectivity index (χ0n) is 7.92. The number of fused-ring (bicyclic) bond motifs is 1. The summed E-state index contributed by atoms with van der Waals surface area (Å²) in [6.45, 7) is 0. The van der Waals surface area contributed by atoms with Gasteiger partial charge in [0.05, 0.1) is 0 Å². The lowest BCUT2D eigenvalue weighted by Gasteiger charge is -2.21. The number of rotatable bonds is 2. The molecule has 0 saturated heterocycles. The molecule has 3 heteroatoms. The average Bonchev–Trinajstić information content (AvgIpc) is 2.56. The van der Waals surface area contributed by atoms with Crippen LogP contribution in [-0.4, -0.2) is 13.4 Å². The summed E-state index contributed by atoms with van der Waals surface area (Å²) in [5, 5.41) is 0. The molecule has 1 aromatic carbocycles. The van der Waals surface area contributed by atoms with Crippen LogP contribution in [0.3, 0.4) is 0 Å². The van der Waals surface area contributed by atoms with E-state index < -0.39 is 5.60 Å². The van der Waals surface area contributed by atoms with Crippen molar-refractivity contribution in [1.29, 1.82) is 0 Å². The van der Waals surface area contributed by atoms with E-state index >= 15 is 0 Å². The number of hydrogen-bond acceptors (Lipinski definition) is 2. The quantitative estimate of drug-likeness (QED) is 0.671. The van der Waals surface area contributed by atoms with E-state index in [1.54, 1.807) is 6.07 Å². The van der Waals surface area contributed by atoms with Gasteiger partial charge in [-0.1, -0.05) is 6.07 Å². The predicted octanol–water partition coefficient (Wildman–Crippen LogP) is 1.81. The lowest BCUT2D eigenvalue weighted by molar-refractivity contribution is -0.128. The third kappa shape index (κ3) is 1.16. The summed E-state index contributed by atoms with van der Waals surface area (Å²) in [6.07, 6.45) is 2.10. The molecule has 2 nitrogen and oxygen atoms in total. The van der Waals surface area contributed by atoms with E-state index in [0.29, 0.717) is 12.8 Å². The Kier molecular flexibility index (Phi) is 2.11. The van der Waals surface area contributed by atoms with Crippen molar-refractivity contribution in [3.8, 4) is 0 Å². The summed E-state index contributed by atoms with van der Waals surface area (Å²) in [5.41, 5.74) is 0.832. The Bertz CT molecular complexity index is 376. The molecule has 0 amide bonds. The molecule has 0 radical (unpaired) electrons. The van der Waals surface area contributed by atoms with Gasteiger partial charge < -0.3 is 4.74 Å². The fourth-order valence-corrected chi connectivity index (χ4v) is 2.02. The third-order valence-corrected chi connectivity index (χ3v) is 2.84. The minimum atomic E-state index is -0.844. The molecule has 14 heavy (non-hydrogen) atoms. The van der Waals surface area contributed by atoms with Crippen molar-refractivity contribution >= 4 is 6.29 Å². The Morgan fingerprint density at radius 1 is 1.57 bits per heavy atom. The Morgan fingerprint density at radius 3 is 3.00 bits per heavy atom. The number of hydrogen-bond donors (Lipinski definition) is 0. The van der Waals surface area contributed by atoms with E-state index in [0.717, 1.165) is 17.4 Å². The molecule has 1 aromatic rings. The number of benzene rings is 1. The molecule has 1 atom stereocenters. The largest absolute Gasteiger partial charge is 0.366 e. The van der Waals surface area contributed by atoms with Gasteiger partial charge in [0, 0.05) is 7.11 Å². The molecular weight excluding hydrogens is 183 g/mol. The van der Waals surface area contributed by atoms with Gasteiger partial charge in [0.15, 0.2) is 6.29 Å². The summed E-state index contributed by atoms with van der Waals surface area (Å²) >= 11 is 0. The van der Waals surface area contributed by atoms with Gasteiger partial charge in [-0.05, 0) is 36.1 Å². The fourth-order valence-electron chi connectivity index (χ4n) is 2.02. The van der Waals surface area contributed by atoms with Gasteiger partial charge in [-0.3, -0.25) is 4.79 Å². The van der Waals surface area contributed by atoms with Gasteiger partial charge >= 0.3 is 0 Å². The maximum Gasteiger partial charge on any atom is 0.156 e. The molecule has 0 spiro atoms. The standard InChI is InChI=1S/C11H11FO2/c1-14-11(7-13)5-4-8-6-9(12)2-3-10(8)11/h2-3,6-7H,4-5H2,1H3. The number of ether oxygens (including phenoxy) is 1. The lowest BCUT2D eigenvalue weighted by atomic mass is 9.97. The second kappa shape index (κ2) is 3.17. The number of methoxy groups -OCH3 is 1. The average molecular weight is 194 g/mol. The first kappa shape index (κ1) is 9.34. The Balaban J connectivity index is 2.53. The Hall–Kier alpha value is -1.22. The number of halogens is 1. The molecule has 0 heterocycles. The SMILES string of the molecule is COC1(C=O)CCc2cc(F)ccc21. The fraction of sp³-hybridized carbons (Fsp3) is 0.364. The van der Waals surface area contributed by atoms with Crippen molar-refractivity contribution in [3.63, 3.8) is 0 Å². The molecule has 0 N–H and O–H groups in total. The van der Waals surface area contributed by atoms with Crippen molar-refractivity contribution in [2.45, 2.75) is 18.4 Å². The maximum atomic E-state index is 12.9. The van der Waals surface area contributed by atoms with Crippen LogP contribution in [0, 0.1) is 5.82 Å². The number of aryl methyl sites for hydroxylation is 1. The van der Waals surface area contributed by atoms with Gasteiger partial charge in [0.1, 0.15) is 11.4 Å². The van der Waals surface area contributed by atoms with E-state index in [-0.39, 0.29) is 5.82 Å². The van der Waals surface area contributed by atoms with E-state index in [9.17, 15) is 9.18 Å². The van der Waals surface area contributed by atoms with Crippen molar-refractivity contribution in [3.05, 3.63) is 35.1 Å². The number of carbonyl (C=O) groups excluding carboxylic acids is 1. The van der Waals surface area contributed by atoms with Gasteiger partial charge in [-0.25, -0.2) is 4.39 Å². The molecular formula is C11H11FO2. The lowest BCUT2D eigenvalue weighted by Crippen LogP contribution is -2.27. The van der Waals surface area contributed by atoms with Crippen LogP contribution in [0.1, 0.15) is 17.5 Å². The highest BCUT2D eigenvalue weighted by molar-refractivity contribution is 5.69. The molecule has 1 unspecified atom stereocenters. The van der Waals surface area contributed by atoms with Crippen LogP contribution < -0.4 is 0 Å². The van der Waals surface area contributed by atoms with E-state index in [1.165, 1.54) is 19.2 Å². The molecule has 1 aliphatic carbocycles. The first-order valence-electron chi connectivity index (χ1n) is 4.52. The molecule has 0 saturated carbocycles. The highest BCUT2D eigenvalue weighted by Crippen LogP contribution is 2.38. The second-order valence-electron chi connectivity index (χ2n) is 3.51. The van der Waals surface area contributed by atoms with Crippen LogP contribution in [0.25, 0.3) is 0 Å². The van der Waals surface area contributed by atoms with Crippen molar-refractivity contribution < 1.29 is 13.9 Å². The number of carbonyl (C=O) groups is 1. The van der Waals surface area contributed by atoms with Crippen LogP contribution in [-0.2, 0) is 21.6 Å². The predicted molar refractivity (Wildman–Crippen MR) is 49.5 cm³/mol. The highest BCUT2D eigenvalue weighted by Gasteiger charge is 2.38. The van der Waals surface area contributed by atoms with Crippen LogP contribution >= 0.6 is 0 Å². The zero-order chi connectivity index (χ0) is 10.2. The smallest absolute Gasteiger partial charge is 0.156 e. The van der Waals surface area contributed by atoms with Crippen molar-refractivity contribution in [1.82, 2.24) is 0 Å². The summed E-state index contributed by atoms with van der Waals surface area (Å²) in [4.78, 5) is 11.0. The van der Waals surface area contributed by atoms with Gasteiger partial charge in [-0.15, -0.1) is 0 Å². The van der Waals surface area contributed by atoms with Crippen LogP contribution in [0.5, 0.6) is 0 Å². The summed E-state index contributed by atoms with van der Waals surface area (Å²) in [7, 11) is 1.51. The topological polar surface area (TPSA) is 26.3 Å². The monoisotopic (exact) mass is 194 g/mol. The van der Waals surface area contributed by atoms with E-state index in [1.807, 2.05) is 0 Å².